The fourth-order valence-electron chi connectivity index (χ4n) is 5.27. The molecule has 0 radical (unpaired) electrons. The summed E-state index contributed by atoms with van der Waals surface area (Å²) in [5.74, 6) is 0.0839. The molecule has 44 heavy (non-hydrogen) atoms. The number of hydrogen-bond donors (Lipinski definition) is 1. The van der Waals surface area contributed by atoms with Gasteiger partial charge in [-0.05, 0) is 49.6 Å². The molecule has 3 heterocycles. The van der Waals surface area contributed by atoms with Crippen LogP contribution in [0, 0.1) is 25.2 Å². The van der Waals surface area contributed by atoms with Gasteiger partial charge in [-0.2, -0.15) is 5.26 Å². The number of thioether (sulfide) groups is 1. The minimum atomic E-state index is -0.441. The Morgan fingerprint density at radius 1 is 1.00 bits per heavy atom. The van der Waals surface area contributed by atoms with E-state index < -0.39 is 5.91 Å². The molecule has 0 unspecified atom stereocenters. The summed E-state index contributed by atoms with van der Waals surface area (Å²) < 4.78 is 5.02. The summed E-state index contributed by atoms with van der Waals surface area (Å²) in [4.78, 5) is 42.8. The Hall–Kier alpha value is -4.66. The molecule has 1 aliphatic rings. The zero-order valence-electron chi connectivity index (χ0n) is 25.0. The van der Waals surface area contributed by atoms with Crippen molar-refractivity contribution in [2.45, 2.75) is 46.7 Å². The van der Waals surface area contributed by atoms with E-state index in [0.29, 0.717) is 46.3 Å². The molecule has 0 bridgehead atoms. The minimum absolute atomic E-state index is 0.0257. The van der Waals surface area contributed by atoms with E-state index in [2.05, 4.69) is 11.4 Å². The SMILES string of the molecule is CCCCn1c(NCc2ccccc2)c(/C=C2/SC(=S)N(c3c(C)n(C)n(-c4ccccc4)c3=O)C2=O)c(C)c(C#N)c1=O. The topological polar surface area (TPSA) is 105 Å². The lowest BCUT2D eigenvalue weighted by Gasteiger charge is -2.20. The average molecular weight is 625 g/mol. The number of nitrogens with zero attached hydrogens (tertiary/aromatic N) is 5. The van der Waals surface area contributed by atoms with Crippen molar-refractivity contribution in [3.05, 3.63) is 114 Å². The van der Waals surface area contributed by atoms with Gasteiger partial charge in [0.1, 0.15) is 23.1 Å². The summed E-state index contributed by atoms with van der Waals surface area (Å²) in [6, 6.07) is 21.0. The number of unbranched alkanes of at least 4 members (excludes halogenated alkanes) is 1. The van der Waals surface area contributed by atoms with E-state index in [0.717, 1.165) is 30.2 Å². The summed E-state index contributed by atoms with van der Waals surface area (Å²) in [6.07, 6.45) is 3.26. The highest BCUT2D eigenvalue weighted by Gasteiger charge is 2.38. The molecule has 0 aliphatic carbocycles. The Morgan fingerprint density at radius 2 is 1.66 bits per heavy atom. The summed E-state index contributed by atoms with van der Waals surface area (Å²) >= 11 is 6.75. The Kier molecular flexibility index (Phi) is 9.04. The normalized spacial score (nSPS) is 14.0. The van der Waals surface area contributed by atoms with Crippen molar-refractivity contribution in [1.82, 2.24) is 13.9 Å². The maximum absolute atomic E-state index is 14.0. The number of rotatable bonds is 9. The van der Waals surface area contributed by atoms with Crippen LogP contribution in [0.1, 0.15) is 47.7 Å². The van der Waals surface area contributed by atoms with Gasteiger partial charge in [-0.25, -0.2) is 4.68 Å². The van der Waals surface area contributed by atoms with Gasteiger partial charge in [-0.15, -0.1) is 0 Å². The maximum Gasteiger partial charge on any atom is 0.296 e. The highest BCUT2D eigenvalue weighted by molar-refractivity contribution is 8.27. The van der Waals surface area contributed by atoms with Crippen LogP contribution < -0.4 is 21.3 Å². The van der Waals surface area contributed by atoms with Gasteiger partial charge in [0, 0.05) is 25.7 Å². The molecule has 9 nitrogen and oxygen atoms in total. The first kappa shape index (κ1) is 30.8. The predicted molar refractivity (Wildman–Crippen MR) is 180 cm³/mol. The number of benzene rings is 2. The lowest BCUT2D eigenvalue weighted by Crippen LogP contribution is -2.33. The van der Waals surface area contributed by atoms with E-state index in [1.807, 2.05) is 67.6 Å². The fourth-order valence-corrected chi connectivity index (χ4v) is 6.52. The van der Waals surface area contributed by atoms with Gasteiger partial charge in [0.2, 0.25) is 0 Å². The second-order valence-electron chi connectivity index (χ2n) is 10.5. The Bertz CT molecular complexity index is 1950. The molecule has 1 fully saturated rings. The lowest BCUT2D eigenvalue weighted by atomic mass is 10.0. The number of pyridine rings is 1. The summed E-state index contributed by atoms with van der Waals surface area (Å²) in [5, 5.41) is 13.4. The van der Waals surface area contributed by atoms with Crippen LogP contribution in [0.25, 0.3) is 11.8 Å². The lowest BCUT2D eigenvalue weighted by molar-refractivity contribution is -0.113. The fraction of sp³-hybridized carbons (Fsp3) is 0.242. The average Bonchev–Trinajstić information content (AvgIpc) is 3.42. The molecular formula is C33H32N6O3S2. The third-order valence-electron chi connectivity index (χ3n) is 7.73. The van der Waals surface area contributed by atoms with Crippen molar-refractivity contribution in [1.29, 1.82) is 5.26 Å². The standard InChI is InChI=1S/C33H32N6O3S2/c1-5-6-17-37-29(35-20-23-13-9-7-10-14-23)25(21(2)26(19-34)30(37)40)18-27-31(41)38(33(43)44-27)28-22(3)36(4)39(32(28)42)24-15-11-8-12-16-24/h7-16,18,35H,5-6,17,20H2,1-4H3/b27-18+. The Morgan fingerprint density at radius 3 is 2.30 bits per heavy atom. The van der Waals surface area contributed by atoms with E-state index in [1.165, 1.54) is 9.58 Å². The van der Waals surface area contributed by atoms with Gasteiger partial charge in [0.15, 0.2) is 4.32 Å². The van der Waals surface area contributed by atoms with Crippen molar-refractivity contribution in [2.24, 2.45) is 7.05 Å². The third kappa shape index (κ3) is 5.54. The molecule has 1 saturated heterocycles. The van der Waals surface area contributed by atoms with E-state index in [4.69, 9.17) is 12.2 Å². The first-order chi connectivity index (χ1) is 21.2. The number of carbonyl (C=O) groups is 1. The number of anilines is 2. The van der Waals surface area contributed by atoms with Crippen LogP contribution in [0.4, 0.5) is 11.5 Å². The van der Waals surface area contributed by atoms with Crippen molar-refractivity contribution in [2.75, 3.05) is 10.2 Å². The van der Waals surface area contributed by atoms with Crippen LogP contribution in [0.5, 0.6) is 0 Å². The highest BCUT2D eigenvalue weighted by Crippen LogP contribution is 2.38. The third-order valence-corrected chi connectivity index (χ3v) is 9.03. The van der Waals surface area contributed by atoms with Crippen molar-refractivity contribution >= 4 is 51.8 Å². The van der Waals surface area contributed by atoms with Gasteiger partial charge >= 0.3 is 0 Å². The maximum atomic E-state index is 14.0. The van der Waals surface area contributed by atoms with Crippen LogP contribution in [-0.4, -0.2) is 24.2 Å². The van der Waals surface area contributed by atoms with Gasteiger partial charge in [0.25, 0.3) is 17.0 Å². The van der Waals surface area contributed by atoms with Gasteiger partial charge in [-0.3, -0.25) is 28.5 Å². The molecule has 0 spiro atoms. The van der Waals surface area contributed by atoms with Crippen LogP contribution in [-0.2, 0) is 24.9 Å². The minimum Gasteiger partial charge on any atom is -0.367 e. The molecule has 2 aromatic carbocycles. The van der Waals surface area contributed by atoms with Crippen LogP contribution in [0.15, 0.2) is 75.2 Å². The van der Waals surface area contributed by atoms with Gasteiger partial charge in [0.05, 0.1) is 16.3 Å². The van der Waals surface area contributed by atoms with Crippen LogP contribution in [0.2, 0.25) is 0 Å². The van der Waals surface area contributed by atoms with E-state index >= 15 is 0 Å². The van der Waals surface area contributed by atoms with E-state index in [1.54, 1.807) is 36.2 Å². The number of para-hydroxylation sites is 1. The molecule has 1 aliphatic heterocycles. The van der Waals surface area contributed by atoms with Gasteiger partial charge < -0.3 is 5.32 Å². The van der Waals surface area contributed by atoms with E-state index in [-0.39, 0.29) is 26.7 Å². The van der Waals surface area contributed by atoms with Crippen molar-refractivity contribution in [3.8, 4) is 11.8 Å². The molecule has 0 atom stereocenters. The number of hydrogen-bond acceptors (Lipinski definition) is 7. The van der Waals surface area contributed by atoms with Crippen molar-refractivity contribution < 1.29 is 4.79 Å². The largest absolute Gasteiger partial charge is 0.367 e. The molecule has 11 heteroatoms. The first-order valence-electron chi connectivity index (χ1n) is 14.3. The summed E-state index contributed by atoms with van der Waals surface area (Å²) in [5.41, 5.74) is 2.75. The molecular weight excluding hydrogens is 593 g/mol. The zero-order valence-corrected chi connectivity index (χ0v) is 26.6. The Labute approximate surface area is 265 Å². The molecule has 5 rings (SSSR count). The second-order valence-corrected chi connectivity index (χ2v) is 12.1. The molecule has 224 valence electrons. The number of aromatic nitrogens is 3. The number of nitrogens with one attached hydrogen (secondary N) is 1. The summed E-state index contributed by atoms with van der Waals surface area (Å²) in [7, 11) is 1.76. The molecule has 1 amide bonds. The predicted octanol–water partition coefficient (Wildman–Crippen LogP) is 5.64. The van der Waals surface area contributed by atoms with E-state index in [9.17, 15) is 19.6 Å². The highest BCUT2D eigenvalue weighted by atomic mass is 32.2. The number of amides is 1. The van der Waals surface area contributed by atoms with Crippen LogP contribution in [0.3, 0.4) is 0 Å². The second kappa shape index (κ2) is 12.9. The molecule has 2 aromatic heterocycles. The number of carbonyl (C=O) groups excluding carboxylic acids is 1. The number of nitriles is 1. The zero-order chi connectivity index (χ0) is 31.5. The summed E-state index contributed by atoms with van der Waals surface area (Å²) in [6.45, 7) is 6.36. The Balaban J connectivity index is 1.63. The van der Waals surface area contributed by atoms with Crippen LogP contribution >= 0.6 is 24.0 Å². The first-order valence-corrected chi connectivity index (χ1v) is 15.5. The molecule has 4 aromatic rings. The monoisotopic (exact) mass is 624 g/mol. The smallest absolute Gasteiger partial charge is 0.296 e. The molecule has 1 N–H and O–H groups in total. The van der Waals surface area contributed by atoms with Crippen molar-refractivity contribution in [3.63, 3.8) is 0 Å². The number of thiocarbonyl (C=S) groups is 1. The molecule has 0 saturated carbocycles. The van der Waals surface area contributed by atoms with Gasteiger partial charge in [-0.1, -0.05) is 85.9 Å². The quantitative estimate of drug-likeness (QED) is 0.190.